The molecule has 0 heterocycles. The number of methoxy groups -OCH3 is 1. The van der Waals surface area contributed by atoms with Crippen molar-refractivity contribution in [2.45, 2.75) is 11.8 Å². The van der Waals surface area contributed by atoms with Gasteiger partial charge in [0, 0.05) is 13.1 Å². The Morgan fingerprint density at radius 2 is 2.05 bits per heavy atom. The van der Waals surface area contributed by atoms with E-state index in [2.05, 4.69) is 10.0 Å². The number of nitriles is 1. The monoisotopic (exact) mass is 319 g/mol. The van der Waals surface area contributed by atoms with Gasteiger partial charge >= 0.3 is 0 Å². The molecule has 0 bridgehead atoms. The molecule has 20 heavy (non-hydrogen) atoms. The van der Waals surface area contributed by atoms with Crippen LogP contribution in [-0.2, 0) is 10.0 Å². The first-order valence-corrected chi connectivity index (χ1v) is 7.32. The maximum Gasteiger partial charge on any atom is 0.244 e. The summed E-state index contributed by atoms with van der Waals surface area (Å²) < 4.78 is 31.6. The summed E-state index contributed by atoms with van der Waals surface area (Å²) in [6.45, 7) is 3.56. The fourth-order valence-electron chi connectivity index (χ4n) is 1.49. The molecule has 0 aliphatic carbocycles. The van der Waals surface area contributed by atoms with E-state index in [1.165, 1.54) is 25.3 Å². The highest BCUT2D eigenvalue weighted by molar-refractivity contribution is 7.89. The Morgan fingerprint density at radius 1 is 1.35 bits per heavy atom. The van der Waals surface area contributed by atoms with Gasteiger partial charge in [0.15, 0.2) is 0 Å². The highest BCUT2D eigenvalue weighted by Crippen LogP contribution is 2.24. The van der Waals surface area contributed by atoms with Crippen LogP contribution in [0.1, 0.15) is 12.5 Å². The predicted molar refractivity (Wildman–Crippen MR) is 78.7 cm³/mol. The SMILES string of the molecule is CCNCCNS(=O)(=O)c1ccc(C#N)cc1OC.Cl. The molecule has 1 aromatic carbocycles. The summed E-state index contributed by atoms with van der Waals surface area (Å²) in [5.41, 5.74) is 0.350. The molecule has 1 rings (SSSR count). The second-order valence-electron chi connectivity index (χ2n) is 3.73. The van der Waals surface area contributed by atoms with Gasteiger partial charge in [-0.2, -0.15) is 5.26 Å². The molecule has 0 amide bonds. The Labute approximate surface area is 125 Å². The highest BCUT2D eigenvalue weighted by atomic mass is 35.5. The lowest BCUT2D eigenvalue weighted by Crippen LogP contribution is -2.32. The molecule has 0 aromatic heterocycles. The number of sulfonamides is 1. The number of nitrogens with one attached hydrogen (secondary N) is 2. The topological polar surface area (TPSA) is 91.2 Å². The van der Waals surface area contributed by atoms with Crippen LogP contribution in [0.15, 0.2) is 23.1 Å². The highest BCUT2D eigenvalue weighted by Gasteiger charge is 2.19. The number of rotatable bonds is 7. The quantitative estimate of drug-likeness (QED) is 0.728. The van der Waals surface area contributed by atoms with Crippen molar-refractivity contribution < 1.29 is 13.2 Å². The molecule has 6 nitrogen and oxygen atoms in total. The number of likely N-dealkylation sites (N-methyl/N-ethyl adjacent to an activating group) is 1. The van der Waals surface area contributed by atoms with Gasteiger partial charge in [0.25, 0.3) is 0 Å². The lowest BCUT2D eigenvalue weighted by Gasteiger charge is -2.11. The van der Waals surface area contributed by atoms with E-state index in [0.717, 1.165) is 6.54 Å². The third kappa shape index (κ3) is 4.98. The summed E-state index contributed by atoms with van der Waals surface area (Å²) in [7, 11) is -2.26. The number of ether oxygens (including phenoxy) is 1. The van der Waals surface area contributed by atoms with Crippen LogP contribution in [0.25, 0.3) is 0 Å². The van der Waals surface area contributed by atoms with Crippen molar-refractivity contribution in [1.82, 2.24) is 10.0 Å². The number of hydrogen-bond acceptors (Lipinski definition) is 5. The van der Waals surface area contributed by atoms with Crippen LogP contribution in [-0.4, -0.2) is 35.2 Å². The molecule has 0 spiro atoms. The second kappa shape index (κ2) is 8.76. The number of benzene rings is 1. The molecule has 0 saturated heterocycles. The van der Waals surface area contributed by atoms with E-state index in [-0.39, 0.29) is 23.1 Å². The van der Waals surface area contributed by atoms with Gasteiger partial charge in [0.2, 0.25) is 10.0 Å². The molecular formula is C12H18ClN3O3S. The Balaban J connectivity index is 0.00000361. The van der Waals surface area contributed by atoms with Crippen LogP contribution in [0.4, 0.5) is 0 Å². The van der Waals surface area contributed by atoms with Gasteiger partial charge in [-0.1, -0.05) is 6.92 Å². The minimum Gasteiger partial charge on any atom is -0.495 e. The Kier molecular flexibility index (Phi) is 8.18. The minimum absolute atomic E-state index is 0. The van der Waals surface area contributed by atoms with Crippen LogP contribution >= 0.6 is 12.4 Å². The smallest absolute Gasteiger partial charge is 0.244 e. The zero-order chi connectivity index (χ0) is 14.3. The Morgan fingerprint density at radius 3 is 2.60 bits per heavy atom. The molecule has 0 aliphatic heterocycles. The zero-order valence-corrected chi connectivity index (χ0v) is 13.0. The van der Waals surface area contributed by atoms with E-state index < -0.39 is 10.0 Å². The van der Waals surface area contributed by atoms with Crippen molar-refractivity contribution in [3.05, 3.63) is 23.8 Å². The molecule has 0 saturated carbocycles. The average Bonchev–Trinajstić information content (AvgIpc) is 2.42. The van der Waals surface area contributed by atoms with E-state index >= 15 is 0 Å². The lowest BCUT2D eigenvalue weighted by atomic mass is 10.2. The fourth-order valence-corrected chi connectivity index (χ4v) is 2.67. The van der Waals surface area contributed by atoms with E-state index in [1.54, 1.807) is 0 Å². The van der Waals surface area contributed by atoms with Gasteiger partial charge in [-0.05, 0) is 24.7 Å². The van der Waals surface area contributed by atoms with E-state index in [4.69, 9.17) is 10.00 Å². The van der Waals surface area contributed by atoms with Gasteiger partial charge < -0.3 is 10.1 Å². The van der Waals surface area contributed by atoms with Gasteiger partial charge in [0.1, 0.15) is 10.6 Å². The number of hydrogen-bond donors (Lipinski definition) is 2. The van der Waals surface area contributed by atoms with Gasteiger partial charge in [0.05, 0.1) is 18.7 Å². The largest absolute Gasteiger partial charge is 0.495 e. The standard InChI is InChI=1S/C12H17N3O3S.ClH/c1-3-14-6-7-15-19(16,17)12-5-4-10(9-13)8-11(12)18-2;/h4-5,8,14-15H,3,6-7H2,1-2H3;1H. The third-order valence-electron chi connectivity index (χ3n) is 2.43. The normalized spacial score (nSPS) is 10.4. The summed E-state index contributed by atoms with van der Waals surface area (Å²) in [5.74, 6) is 0.162. The van der Waals surface area contributed by atoms with Crippen LogP contribution in [0.2, 0.25) is 0 Å². The molecule has 112 valence electrons. The van der Waals surface area contributed by atoms with Crippen LogP contribution < -0.4 is 14.8 Å². The number of halogens is 1. The summed E-state index contributed by atoms with van der Waals surface area (Å²) in [4.78, 5) is 0.0329. The first-order valence-electron chi connectivity index (χ1n) is 5.83. The molecule has 8 heteroatoms. The van der Waals surface area contributed by atoms with Gasteiger partial charge in [-0.25, -0.2) is 13.1 Å². The first kappa shape index (κ1) is 18.7. The molecule has 0 radical (unpaired) electrons. The molecule has 0 aliphatic rings. The maximum absolute atomic E-state index is 12.1. The van der Waals surface area contributed by atoms with Crippen molar-refractivity contribution in [2.24, 2.45) is 0 Å². The van der Waals surface area contributed by atoms with Crippen molar-refractivity contribution in [1.29, 1.82) is 5.26 Å². The van der Waals surface area contributed by atoms with E-state index in [9.17, 15) is 8.42 Å². The molecule has 0 fully saturated rings. The maximum atomic E-state index is 12.1. The molecule has 1 aromatic rings. The van der Waals surface area contributed by atoms with Crippen LogP contribution in [0.3, 0.4) is 0 Å². The van der Waals surface area contributed by atoms with Crippen LogP contribution in [0.5, 0.6) is 5.75 Å². The average molecular weight is 320 g/mol. The predicted octanol–water partition coefficient (Wildman–Crippen LogP) is 0.876. The van der Waals surface area contributed by atoms with Gasteiger partial charge in [-0.3, -0.25) is 0 Å². The number of nitrogens with zero attached hydrogens (tertiary/aromatic N) is 1. The molecule has 2 N–H and O–H groups in total. The van der Waals surface area contributed by atoms with Crippen molar-refractivity contribution in [3.63, 3.8) is 0 Å². The molecular weight excluding hydrogens is 302 g/mol. The summed E-state index contributed by atoms with van der Waals surface area (Å²) in [6.07, 6.45) is 0. The lowest BCUT2D eigenvalue weighted by molar-refractivity contribution is 0.402. The summed E-state index contributed by atoms with van der Waals surface area (Å²) in [5, 5.41) is 11.8. The fraction of sp³-hybridized carbons (Fsp3) is 0.417. The van der Waals surface area contributed by atoms with E-state index in [0.29, 0.717) is 18.7 Å². The Bertz CT molecular complexity index is 570. The van der Waals surface area contributed by atoms with Crippen LogP contribution in [0, 0.1) is 11.3 Å². The Hall–Kier alpha value is -1.33. The first-order chi connectivity index (χ1) is 9.05. The third-order valence-corrected chi connectivity index (χ3v) is 3.93. The second-order valence-corrected chi connectivity index (χ2v) is 5.46. The minimum atomic E-state index is -3.63. The van der Waals surface area contributed by atoms with Crippen molar-refractivity contribution in [2.75, 3.05) is 26.7 Å². The van der Waals surface area contributed by atoms with E-state index in [1.807, 2.05) is 13.0 Å². The molecule has 0 unspecified atom stereocenters. The molecule has 0 atom stereocenters. The summed E-state index contributed by atoms with van der Waals surface area (Å²) >= 11 is 0. The van der Waals surface area contributed by atoms with Gasteiger partial charge in [-0.15, -0.1) is 12.4 Å². The summed E-state index contributed by atoms with van der Waals surface area (Å²) in [6, 6.07) is 6.15. The zero-order valence-electron chi connectivity index (χ0n) is 11.3. The van der Waals surface area contributed by atoms with Crippen molar-refractivity contribution >= 4 is 22.4 Å². The van der Waals surface area contributed by atoms with Crippen molar-refractivity contribution in [3.8, 4) is 11.8 Å².